The van der Waals surface area contributed by atoms with E-state index in [-0.39, 0.29) is 17.8 Å². The van der Waals surface area contributed by atoms with Crippen molar-refractivity contribution in [3.05, 3.63) is 33.1 Å². The molecule has 0 aromatic carbocycles. The summed E-state index contributed by atoms with van der Waals surface area (Å²) in [7, 11) is 0. The molecular formula is C11H11N3O3S. The van der Waals surface area contributed by atoms with Crippen LogP contribution in [0.25, 0.3) is 11.4 Å². The van der Waals surface area contributed by atoms with Gasteiger partial charge in [0.25, 0.3) is 0 Å². The van der Waals surface area contributed by atoms with Crippen LogP contribution in [0.2, 0.25) is 0 Å². The number of carboxylic acid groups (broad SMARTS) is 1. The molecule has 0 aliphatic heterocycles. The lowest BCUT2D eigenvalue weighted by molar-refractivity contribution is -0.137. The van der Waals surface area contributed by atoms with Crippen molar-refractivity contribution in [1.82, 2.24) is 14.5 Å². The van der Waals surface area contributed by atoms with Gasteiger partial charge in [-0.3, -0.25) is 24.1 Å². The zero-order valence-corrected chi connectivity index (χ0v) is 10.5. The Hall–Kier alpha value is -2.02. The van der Waals surface area contributed by atoms with E-state index in [2.05, 4.69) is 9.97 Å². The minimum Gasteiger partial charge on any atom is -0.481 e. The molecule has 2 heterocycles. The largest absolute Gasteiger partial charge is 0.481 e. The van der Waals surface area contributed by atoms with Crippen LogP contribution in [0, 0.1) is 6.92 Å². The molecule has 0 unspecified atom stereocenters. The summed E-state index contributed by atoms with van der Waals surface area (Å²) >= 11 is 1.03. The zero-order valence-electron chi connectivity index (χ0n) is 9.66. The van der Waals surface area contributed by atoms with Crippen molar-refractivity contribution < 1.29 is 9.90 Å². The van der Waals surface area contributed by atoms with Crippen molar-refractivity contribution in [1.29, 1.82) is 0 Å². The van der Waals surface area contributed by atoms with Gasteiger partial charge in [0.2, 0.25) is 0 Å². The van der Waals surface area contributed by atoms with E-state index in [1.54, 1.807) is 24.7 Å². The zero-order chi connectivity index (χ0) is 13.1. The predicted molar refractivity (Wildman–Crippen MR) is 66.6 cm³/mol. The molecule has 0 radical (unpaired) electrons. The van der Waals surface area contributed by atoms with Gasteiger partial charge in [0, 0.05) is 24.3 Å². The molecule has 94 valence electrons. The van der Waals surface area contributed by atoms with E-state index in [0.29, 0.717) is 17.1 Å². The van der Waals surface area contributed by atoms with E-state index in [9.17, 15) is 9.59 Å². The molecule has 2 aromatic heterocycles. The minimum atomic E-state index is -0.935. The second-order valence-corrected chi connectivity index (χ2v) is 4.49. The lowest BCUT2D eigenvalue weighted by atomic mass is 10.2. The van der Waals surface area contributed by atoms with Crippen molar-refractivity contribution >= 4 is 17.3 Å². The molecule has 0 aliphatic rings. The molecule has 0 spiro atoms. The number of thiazole rings is 1. The third kappa shape index (κ3) is 2.45. The van der Waals surface area contributed by atoms with Gasteiger partial charge in [0.05, 0.1) is 17.8 Å². The number of hydrogen-bond acceptors (Lipinski definition) is 5. The monoisotopic (exact) mass is 265 g/mol. The molecular weight excluding hydrogens is 254 g/mol. The highest BCUT2D eigenvalue weighted by atomic mass is 32.1. The average Bonchev–Trinajstić information content (AvgIpc) is 2.68. The first-order valence-corrected chi connectivity index (χ1v) is 6.15. The summed E-state index contributed by atoms with van der Waals surface area (Å²) in [5.74, 6) is -0.935. The summed E-state index contributed by atoms with van der Waals surface area (Å²) < 4.78 is 1.43. The third-order valence-electron chi connectivity index (χ3n) is 2.46. The maximum absolute atomic E-state index is 11.7. The van der Waals surface area contributed by atoms with E-state index < -0.39 is 5.97 Å². The Morgan fingerprint density at radius 1 is 1.44 bits per heavy atom. The van der Waals surface area contributed by atoms with Crippen LogP contribution in [0.15, 0.2) is 22.6 Å². The number of aliphatic carboxylic acids is 1. The van der Waals surface area contributed by atoms with Gasteiger partial charge in [-0.25, -0.2) is 0 Å². The third-order valence-corrected chi connectivity index (χ3v) is 3.22. The first-order valence-electron chi connectivity index (χ1n) is 5.27. The smallest absolute Gasteiger partial charge is 0.307 e. The summed E-state index contributed by atoms with van der Waals surface area (Å²) in [6, 6.07) is 0. The normalized spacial score (nSPS) is 10.5. The maximum atomic E-state index is 11.7. The average molecular weight is 265 g/mol. The highest BCUT2D eigenvalue weighted by Crippen LogP contribution is 2.19. The van der Waals surface area contributed by atoms with Gasteiger partial charge >= 0.3 is 10.8 Å². The first kappa shape index (κ1) is 12.4. The lowest BCUT2D eigenvalue weighted by Crippen LogP contribution is -2.17. The molecule has 0 bridgehead atoms. The summed E-state index contributed by atoms with van der Waals surface area (Å²) in [4.78, 5) is 30.4. The molecule has 0 saturated heterocycles. The number of aromatic nitrogens is 3. The number of rotatable bonds is 4. The molecule has 0 amide bonds. The fourth-order valence-electron chi connectivity index (χ4n) is 1.59. The Kier molecular flexibility index (Phi) is 3.52. The Morgan fingerprint density at radius 2 is 2.17 bits per heavy atom. The molecule has 6 nitrogen and oxygen atoms in total. The number of carbonyl (C=O) groups is 1. The Balaban J connectivity index is 2.43. The second kappa shape index (κ2) is 5.09. The van der Waals surface area contributed by atoms with Crippen LogP contribution in [0.1, 0.15) is 12.1 Å². The van der Waals surface area contributed by atoms with Gasteiger partial charge in [-0.15, -0.1) is 0 Å². The standard InChI is InChI=1S/C11H11N3O3S/c1-7-10(13-4-3-12-7)8-6-18-11(17)14(8)5-2-9(15)16/h3-4,6H,2,5H2,1H3,(H,15,16). The van der Waals surface area contributed by atoms with Gasteiger partial charge in [-0.1, -0.05) is 11.3 Å². The highest BCUT2D eigenvalue weighted by Gasteiger charge is 2.13. The van der Waals surface area contributed by atoms with Crippen molar-refractivity contribution in [3.63, 3.8) is 0 Å². The summed E-state index contributed by atoms with van der Waals surface area (Å²) in [6.45, 7) is 1.94. The first-order chi connectivity index (χ1) is 8.59. The molecule has 7 heteroatoms. The van der Waals surface area contributed by atoms with Gasteiger partial charge in [-0.05, 0) is 6.92 Å². The summed E-state index contributed by atoms with van der Waals surface area (Å²) in [5, 5.41) is 10.4. The molecule has 18 heavy (non-hydrogen) atoms. The van der Waals surface area contributed by atoms with Crippen LogP contribution in [-0.2, 0) is 11.3 Å². The van der Waals surface area contributed by atoms with Crippen molar-refractivity contribution in [2.75, 3.05) is 0 Å². The predicted octanol–water partition coefficient (Wildman–Crippen LogP) is 1.15. The van der Waals surface area contributed by atoms with Crippen LogP contribution < -0.4 is 4.87 Å². The van der Waals surface area contributed by atoms with Crippen LogP contribution in [-0.4, -0.2) is 25.6 Å². The molecule has 0 atom stereocenters. The van der Waals surface area contributed by atoms with E-state index in [1.165, 1.54) is 4.57 Å². The molecule has 0 fully saturated rings. The van der Waals surface area contributed by atoms with Gasteiger partial charge < -0.3 is 5.11 Å². The van der Waals surface area contributed by atoms with Crippen LogP contribution in [0.3, 0.4) is 0 Å². The lowest BCUT2D eigenvalue weighted by Gasteiger charge is -2.06. The van der Waals surface area contributed by atoms with E-state index >= 15 is 0 Å². The molecule has 2 rings (SSSR count). The highest BCUT2D eigenvalue weighted by molar-refractivity contribution is 7.07. The number of aryl methyl sites for hydroxylation is 1. The molecule has 2 aromatic rings. The quantitative estimate of drug-likeness (QED) is 0.896. The SMILES string of the molecule is Cc1nccnc1-c1csc(=O)n1CCC(=O)O. The molecule has 0 saturated carbocycles. The van der Waals surface area contributed by atoms with Crippen molar-refractivity contribution in [2.24, 2.45) is 0 Å². The van der Waals surface area contributed by atoms with Gasteiger partial charge in [-0.2, -0.15) is 0 Å². The van der Waals surface area contributed by atoms with E-state index in [4.69, 9.17) is 5.11 Å². The topological polar surface area (TPSA) is 85.1 Å². The van der Waals surface area contributed by atoms with Crippen LogP contribution >= 0.6 is 11.3 Å². The number of carboxylic acids is 1. The Labute approximate surface area is 107 Å². The maximum Gasteiger partial charge on any atom is 0.307 e. The molecule has 0 aliphatic carbocycles. The Bertz CT molecular complexity index is 632. The fourth-order valence-corrected chi connectivity index (χ4v) is 2.36. The summed E-state index contributed by atoms with van der Waals surface area (Å²) in [5.41, 5.74) is 1.94. The minimum absolute atomic E-state index is 0.0943. The second-order valence-electron chi connectivity index (χ2n) is 3.67. The van der Waals surface area contributed by atoms with Gasteiger partial charge in [0.15, 0.2) is 0 Å². The molecule has 1 N–H and O–H groups in total. The van der Waals surface area contributed by atoms with Crippen molar-refractivity contribution in [3.8, 4) is 11.4 Å². The van der Waals surface area contributed by atoms with E-state index in [0.717, 1.165) is 11.3 Å². The van der Waals surface area contributed by atoms with E-state index in [1.807, 2.05) is 0 Å². The number of nitrogens with zero attached hydrogens (tertiary/aromatic N) is 3. The van der Waals surface area contributed by atoms with Gasteiger partial charge in [0.1, 0.15) is 5.69 Å². The van der Waals surface area contributed by atoms with Crippen LogP contribution in [0.5, 0.6) is 0 Å². The number of hydrogen-bond donors (Lipinski definition) is 1. The Morgan fingerprint density at radius 3 is 2.83 bits per heavy atom. The van der Waals surface area contributed by atoms with Crippen LogP contribution in [0.4, 0.5) is 0 Å². The summed E-state index contributed by atoms with van der Waals surface area (Å²) in [6.07, 6.45) is 3.03. The van der Waals surface area contributed by atoms with Crippen molar-refractivity contribution in [2.45, 2.75) is 19.9 Å². The fraction of sp³-hybridized carbons (Fsp3) is 0.273.